The number of phenolic OH excluding ortho intramolecular Hbond substituents is 1. The molecule has 0 unspecified atom stereocenters. The molecule has 1 heterocycles. The number of aromatic hydroxyl groups is 1. The van der Waals surface area contributed by atoms with Gasteiger partial charge in [0.25, 0.3) is 0 Å². The highest BCUT2D eigenvalue weighted by Gasteiger charge is 2.10. The first-order chi connectivity index (χ1) is 11.6. The fraction of sp³-hybridized carbons (Fsp3) is 0.211. The number of hydrogen-bond acceptors (Lipinski definition) is 5. The van der Waals surface area contributed by atoms with E-state index < -0.39 is 0 Å². The van der Waals surface area contributed by atoms with Gasteiger partial charge in [-0.15, -0.1) is 0 Å². The van der Waals surface area contributed by atoms with Crippen molar-refractivity contribution >= 4 is 16.6 Å². The molecule has 3 rings (SSSR count). The molecule has 5 heteroatoms. The molecule has 0 aliphatic rings. The van der Waals surface area contributed by atoms with Crippen LogP contribution in [0, 0.1) is 6.92 Å². The predicted molar refractivity (Wildman–Crippen MR) is 95.0 cm³/mol. The molecular formula is C19H20N2O3. The number of phenols is 1. The Morgan fingerprint density at radius 1 is 1.04 bits per heavy atom. The highest BCUT2D eigenvalue weighted by atomic mass is 16.5. The summed E-state index contributed by atoms with van der Waals surface area (Å²) < 4.78 is 10.6. The second-order valence-corrected chi connectivity index (χ2v) is 5.49. The van der Waals surface area contributed by atoms with Crippen molar-refractivity contribution in [1.82, 2.24) is 4.98 Å². The van der Waals surface area contributed by atoms with E-state index in [0.29, 0.717) is 12.3 Å². The van der Waals surface area contributed by atoms with Gasteiger partial charge in [0.15, 0.2) is 11.5 Å². The number of pyridine rings is 1. The van der Waals surface area contributed by atoms with Gasteiger partial charge in [-0.25, -0.2) is 4.98 Å². The number of aromatic nitrogens is 1. The van der Waals surface area contributed by atoms with E-state index in [1.54, 1.807) is 13.2 Å². The van der Waals surface area contributed by atoms with Crippen LogP contribution in [0.4, 0.5) is 5.69 Å². The molecule has 0 atom stereocenters. The number of nitrogens with one attached hydrogen (secondary N) is 1. The summed E-state index contributed by atoms with van der Waals surface area (Å²) in [5, 5.41) is 14.6. The van der Waals surface area contributed by atoms with Crippen molar-refractivity contribution in [1.29, 1.82) is 0 Å². The summed E-state index contributed by atoms with van der Waals surface area (Å²) in [5.74, 6) is 1.36. The summed E-state index contributed by atoms with van der Waals surface area (Å²) in [4.78, 5) is 4.57. The topological polar surface area (TPSA) is 63.6 Å². The number of aryl methyl sites for hydroxylation is 1. The molecule has 0 saturated carbocycles. The summed E-state index contributed by atoms with van der Waals surface area (Å²) in [6.45, 7) is 2.42. The van der Waals surface area contributed by atoms with Gasteiger partial charge < -0.3 is 19.9 Å². The number of anilines is 1. The van der Waals surface area contributed by atoms with Gasteiger partial charge in [-0.3, -0.25) is 0 Å². The smallest absolute Gasteiger partial charge is 0.162 e. The van der Waals surface area contributed by atoms with Crippen molar-refractivity contribution < 1.29 is 14.6 Å². The monoisotopic (exact) mass is 324 g/mol. The quantitative estimate of drug-likeness (QED) is 0.746. The lowest BCUT2D eigenvalue weighted by Crippen LogP contribution is -2.02. The first-order valence-corrected chi connectivity index (χ1v) is 7.67. The molecule has 0 amide bonds. The van der Waals surface area contributed by atoms with Crippen LogP contribution in [0.2, 0.25) is 0 Å². The van der Waals surface area contributed by atoms with Crippen LogP contribution in [0.5, 0.6) is 17.2 Å². The zero-order chi connectivity index (χ0) is 17.1. The van der Waals surface area contributed by atoms with Gasteiger partial charge in [-0.2, -0.15) is 0 Å². The van der Waals surface area contributed by atoms with Crippen molar-refractivity contribution in [2.75, 3.05) is 19.5 Å². The molecule has 0 saturated heterocycles. The van der Waals surface area contributed by atoms with Gasteiger partial charge in [0.05, 0.1) is 14.2 Å². The van der Waals surface area contributed by atoms with Crippen LogP contribution < -0.4 is 14.8 Å². The zero-order valence-electron chi connectivity index (χ0n) is 14.0. The third-order valence-electron chi connectivity index (χ3n) is 3.92. The van der Waals surface area contributed by atoms with E-state index in [-0.39, 0.29) is 5.75 Å². The minimum atomic E-state index is 0.153. The zero-order valence-corrected chi connectivity index (χ0v) is 14.0. The maximum atomic E-state index is 10.2. The molecule has 24 heavy (non-hydrogen) atoms. The highest BCUT2D eigenvalue weighted by molar-refractivity contribution is 5.95. The molecule has 3 aromatic rings. The molecular weight excluding hydrogens is 304 g/mol. The van der Waals surface area contributed by atoms with Crippen LogP contribution in [-0.4, -0.2) is 24.3 Å². The van der Waals surface area contributed by atoms with E-state index in [1.807, 2.05) is 43.3 Å². The predicted octanol–water partition coefficient (Wildman–Crippen LogP) is 3.88. The summed E-state index contributed by atoms with van der Waals surface area (Å²) in [6, 6.07) is 13.3. The highest BCUT2D eigenvalue weighted by Crippen LogP contribution is 2.32. The number of fused-ring (bicyclic) bond motifs is 1. The van der Waals surface area contributed by atoms with E-state index >= 15 is 0 Å². The first kappa shape index (κ1) is 15.9. The van der Waals surface area contributed by atoms with E-state index in [4.69, 9.17) is 9.47 Å². The Hall–Kier alpha value is -2.95. The van der Waals surface area contributed by atoms with Crippen molar-refractivity contribution in [3.63, 3.8) is 0 Å². The van der Waals surface area contributed by atoms with Gasteiger partial charge in [-0.05, 0) is 25.1 Å². The number of methoxy groups -OCH3 is 2. The molecule has 0 aliphatic carbocycles. The van der Waals surface area contributed by atoms with Gasteiger partial charge in [0.1, 0.15) is 11.3 Å². The molecule has 0 aliphatic heterocycles. The third kappa shape index (κ3) is 2.93. The van der Waals surface area contributed by atoms with Gasteiger partial charge in [0, 0.05) is 28.9 Å². The number of para-hydroxylation sites is 2. The lowest BCUT2D eigenvalue weighted by atomic mass is 10.1. The Morgan fingerprint density at radius 3 is 2.50 bits per heavy atom. The lowest BCUT2D eigenvalue weighted by molar-refractivity contribution is 0.371. The van der Waals surface area contributed by atoms with E-state index in [2.05, 4.69) is 10.3 Å². The molecule has 1 aromatic heterocycles. The van der Waals surface area contributed by atoms with E-state index in [9.17, 15) is 5.11 Å². The van der Waals surface area contributed by atoms with Gasteiger partial charge in [0.2, 0.25) is 0 Å². The van der Waals surface area contributed by atoms with Crippen LogP contribution in [0.25, 0.3) is 10.9 Å². The van der Waals surface area contributed by atoms with Crippen LogP contribution in [-0.2, 0) is 6.54 Å². The Labute approximate surface area is 140 Å². The second kappa shape index (κ2) is 6.66. The van der Waals surface area contributed by atoms with Crippen molar-refractivity contribution in [3.05, 3.63) is 53.7 Å². The maximum absolute atomic E-state index is 10.2. The molecule has 5 nitrogen and oxygen atoms in total. The summed E-state index contributed by atoms with van der Waals surface area (Å²) >= 11 is 0. The fourth-order valence-electron chi connectivity index (χ4n) is 2.73. The fourth-order valence-corrected chi connectivity index (χ4v) is 2.73. The number of hydrogen-bond donors (Lipinski definition) is 2. The van der Waals surface area contributed by atoms with E-state index in [0.717, 1.165) is 33.6 Å². The van der Waals surface area contributed by atoms with Crippen LogP contribution in [0.3, 0.4) is 0 Å². The molecule has 2 N–H and O–H groups in total. The normalized spacial score (nSPS) is 10.6. The third-order valence-corrected chi connectivity index (χ3v) is 3.92. The summed E-state index contributed by atoms with van der Waals surface area (Å²) in [5.41, 5.74) is 3.42. The van der Waals surface area contributed by atoms with Crippen molar-refractivity contribution in [2.45, 2.75) is 13.5 Å². The molecule has 0 radical (unpaired) electrons. The van der Waals surface area contributed by atoms with Crippen molar-refractivity contribution in [2.24, 2.45) is 0 Å². The summed E-state index contributed by atoms with van der Waals surface area (Å²) in [7, 11) is 3.18. The number of rotatable bonds is 5. The average molecular weight is 324 g/mol. The van der Waals surface area contributed by atoms with Crippen LogP contribution in [0.15, 0.2) is 42.5 Å². The van der Waals surface area contributed by atoms with Crippen LogP contribution in [0.1, 0.15) is 11.3 Å². The number of ether oxygens (including phenoxy) is 2. The summed E-state index contributed by atoms with van der Waals surface area (Å²) in [6.07, 6.45) is 0. The van der Waals surface area contributed by atoms with Crippen molar-refractivity contribution in [3.8, 4) is 17.2 Å². The second-order valence-electron chi connectivity index (χ2n) is 5.49. The van der Waals surface area contributed by atoms with Gasteiger partial charge in [-0.1, -0.05) is 24.3 Å². The largest absolute Gasteiger partial charge is 0.504 e. The molecule has 2 aromatic carbocycles. The first-order valence-electron chi connectivity index (χ1n) is 7.67. The lowest BCUT2D eigenvalue weighted by Gasteiger charge is -2.14. The Bertz CT molecular complexity index is 878. The molecule has 0 fully saturated rings. The molecule has 0 spiro atoms. The Balaban J connectivity index is 1.96. The SMILES string of the molecule is COc1cccc(CNc2cc(C)nc3c(OC)cccc23)c1O. The van der Waals surface area contributed by atoms with Crippen LogP contribution >= 0.6 is 0 Å². The number of nitrogens with zero attached hydrogens (tertiary/aromatic N) is 1. The standard InChI is InChI=1S/C19H20N2O3/c1-12-10-15(14-7-5-8-16(23-2)18(14)21-12)20-11-13-6-4-9-17(24-3)19(13)22/h4-10,22H,11H2,1-3H3,(H,20,21). The Kier molecular flexibility index (Phi) is 4.42. The Morgan fingerprint density at radius 2 is 1.75 bits per heavy atom. The minimum absolute atomic E-state index is 0.153. The molecule has 124 valence electrons. The minimum Gasteiger partial charge on any atom is -0.504 e. The van der Waals surface area contributed by atoms with Gasteiger partial charge >= 0.3 is 0 Å². The van der Waals surface area contributed by atoms with E-state index in [1.165, 1.54) is 7.11 Å². The number of benzene rings is 2. The maximum Gasteiger partial charge on any atom is 0.162 e. The molecule has 0 bridgehead atoms. The average Bonchev–Trinajstić information content (AvgIpc) is 2.60.